The molecule has 0 saturated carbocycles. The maximum Gasteiger partial charge on any atom is 0.309 e. The molecule has 0 aliphatic heterocycles. The van der Waals surface area contributed by atoms with Gasteiger partial charge in [-0.05, 0) is 63.6 Å². The van der Waals surface area contributed by atoms with Gasteiger partial charge in [0.05, 0.1) is 36.9 Å². The number of allylic oxidation sites excluding steroid dienone is 2. The molecule has 0 fully saturated rings. The largest absolute Gasteiger partial charge is 0.463 e. The normalized spacial score (nSPS) is 13.8. The van der Waals surface area contributed by atoms with Crippen LogP contribution in [0.3, 0.4) is 0 Å². The lowest BCUT2D eigenvalue weighted by Gasteiger charge is -2.24. The van der Waals surface area contributed by atoms with Crippen LogP contribution in [-0.2, 0) is 41.5 Å². The number of hydrogen-bond donors (Lipinski definition) is 4. The zero-order valence-electron chi connectivity index (χ0n) is 28.2. The van der Waals surface area contributed by atoms with E-state index in [0.29, 0.717) is 12.8 Å². The highest BCUT2D eigenvalue weighted by Gasteiger charge is 2.29. The van der Waals surface area contributed by atoms with Crippen molar-refractivity contribution < 1.29 is 33.8 Å². The first-order chi connectivity index (χ1) is 22.9. The number of aliphatic hydroxyl groups is 1. The molecule has 3 aromatic rings. The van der Waals surface area contributed by atoms with Crippen LogP contribution >= 0.6 is 0 Å². The van der Waals surface area contributed by atoms with Crippen molar-refractivity contribution in [2.45, 2.75) is 77.0 Å². The SMILES string of the molecule is C=CC[C@@H](CC(=O)N[C@@H](CO)Cc1ccccc1)C(=O)N[C@H](COC(=O)[C@@H](CC=C)CC(=O)OC(C)(C)C)Cc1c[nH]c2ccccc12. The van der Waals surface area contributed by atoms with Gasteiger partial charge in [-0.2, -0.15) is 0 Å². The molecule has 0 bridgehead atoms. The molecule has 0 radical (unpaired) electrons. The summed E-state index contributed by atoms with van der Waals surface area (Å²) in [6.45, 7) is 12.3. The maximum absolute atomic E-state index is 13.7. The van der Waals surface area contributed by atoms with Crippen molar-refractivity contribution >= 4 is 34.7 Å². The number of fused-ring (bicyclic) bond motifs is 1. The lowest BCUT2D eigenvalue weighted by atomic mass is 9.97. The molecule has 2 amide bonds. The number of hydrogen-bond acceptors (Lipinski definition) is 7. The van der Waals surface area contributed by atoms with Crippen LogP contribution in [0.1, 0.15) is 57.6 Å². The van der Waals surface area contributed by atoms with Crippen LogP contribution in [0.15, 0.2) is 86.1 Å². The average Bonchev–Trinajstić information content (AvgIpc) is 3.44. The summed E-state index contributed by atoms with van der Waals surface area (Å²) >= 11 is 0. The molecule has 0 spiro atoms. The monoisotopic (exact) mass is 659 g/mol. The maximum atomic E-state index is 13.7. The Bertz CT molecular complexity index is 1530. The molecule has 10 nitrogen and oxygen atoms in total. The number of esters is 2. The van der Waals surface area contributed by atoms with Gasteiger partial charge in [0, 0.05) is 23.5 Å². The molecular formula is C38H49N3O7. The van der Waals surface area contributed by atoms with Gasteiger partial charge in [0.25, 0.3) is 0 Å². The lowest BCUT2D eigenvalue weighted by Crippen LogP contribution is -2.45. The molecule has 48 heavy (non-hydrogen) atoms. The first-order valence-electron chi connectivity index (χ1n) is 16.3. The third kappa shape index (κ3) is 12.5. The molecule has 0 aliphatic carbocycles. The van der Waals surface area contributed by atoms with Gasteiger partial charge in [-0.3, -0.25) is 19.2 Å². The van der Waals surface area contributed by atoms with Crippen LogP contribution in [0.5, 0.6) is 0 Å². The zero-order chi connectivity index (χ0) is 35.1. The minimum Gasteiger partial charge on any atom is -0.463 e. The topological polar surface area (TPSA) is 147 Å². The third-order valence-corrected chi connectivity index (χ3v) is 7.70. The Morgan fingerprint density at radius 2 is 1.54 bits per heavy atom. The number of carbonyl (C=O) groups is 4. The minimum absolute atomic E-state index is 0.125. The fourth-order valence-corrected chi connectivity index (χ4v) is 5.44. The molecule has 2 aromatic carbocycles. The Labute approximate surface area is 283 Å². The summed E-state index contributed by atoms with van der Waals surface area (Å²) in [5, 5.41) is 16.7. The number of aromatic amines is 1. The summed E-state index contributed by atoms with van der Waals surface area (Å²) in [5.74, 6) is -3.44. The van der Waals surface area contributed by atoms with Crippen molar-refractivity contribution in [1.29, 1.82) is 0 Å². The van der Waals surface area contributed by atoms with Gasteiger partial charge in [0.1, 0.15) is 12.2 Å². The second kappa shape index (κ2) is 18.6. The number of aliphatic hydroxyl groups excluding tert-OH is 1. The predicted molar refractivity (Wildman–Crippen MR) is 186 cm³/mol. The highest BCUT2D eigenvalue weighted by Crippen LogP contribution is 2.21. The van der Waals surface area contributed by atoms with Crippen molar-refractivity contribution in [3.05, 3.63) is 97.2 Å². The summed E-state index contributed by atoms with van der Waals surface area (Å²) in [6, 6.07) is 16.1. The van der Waals surface area contributed by atoms with E-state index in [2.05, 4.69) is 28.8 Å². The van der Waals surface area contributed by atoms with Gasteiger partial charge in [0.2, 0.25) is 11.8 Å². The van der Waals surface area contributed by atoms with Crippen molar-refractivity contribution in [3.8, 4) is 0 Å². The molecule has 3 rings (SSSR count). The number of benzene rings is 2. The molecule has 10 heteroatoms. The Morgan fingerprint density at radius 3 is 2.21 bits per heavy atom. The third-order valence-electron chi connectivity index (χ3n) is 7.70. The van der Waals surface area contributed by atoms with E-state index in [9.17, 15) is 24.3 Å². The number of amides is 2. The van der Waals surface area contributed by atoms with Gasteiger partial charge >= 0.3 is 11.9 Å². The second-order valence-electron chi connectivity index (χ2n) is 13.0. The van der Waals surface area contributed by atoms with Gasteiger partial charge < -0.3 is 30.2 Å². The smallest absolute Gasteiger partial charge is 0.309 e. The van der Waals surface area contributed by atoms with E-state index < -0.39 is 47.4 Å². The van der Waals surface area contributed by atoms with Crippen molar-refractivity contribution in [2.24, 2.45) is 11.8 Å². The fraction of sp³-hybridized carbons (Fsp3) is 0.421. The standard InChI is InChI=1S/C38H49N3O7/c1-6-13-27(21-34(43)40-30(24-42)19-26-15-9-8-10-16-26)36(45)41-31(20-29-23-39-33-18-12-11-17-32(29)33)25-47-37(46)28(14-7-2)22-35(44)48-38(3,4)5/h6-12,15-18,23,27-28,30-31,39,42H,1-2,13-14,19-22,24-25H2,3-5H3,(H,40,43)(H,41,45)/t27-,28-,30+,31-/m0/s1. The van der Waals surface area contributed by atoms with E-state index in [1.807, 2.05) is 60.8 Å². The van der Waals surface area contributed by atoms with Crippen LogP contribution in [0.25, 0.3) is 10.9 Å². The number of nitrogens with one attached hydrogen (secondary N) is 3. The number of carbonyl (C=O) groups excluding carboxylic acids is 4. The first kappa shape index (κ1) is 37.8. The van der Waals surface area contributed by atoms with Crippen LogP contribution < -0.4 is 10.6 Å². The number of rotatable bonds is 19. The van der Waals surface area contributed by atoms with Gasteiger partial charge in [-0.15, -0.1) is 13.2 Å². The molecule has 0 unspecified atom stereocenters. The molecule has 0 aliphatic rings. The highest BCUT2D eigenvalue weighted by atomic mass is 16.6. The summed E-state index contributed by atoms with van der Waals surface area (Å²) in [5.41, 5.74) is 2.10. The predicted octanol–water partition coefficient (Wildman–Crippen LogP) is 4.96. The summed E-state index contributed by atoms with van der Waals surface area (Å²) in [7, 11) is 0. The van der Waals surface area contributed by atoms with E-state index in [0.717, 1.165) is 22.0 Å². The Balaban J connectivity index is 1.73. The van der Waals surface area contributed by atoms with E-state index in [-0.39, 0.29) is 44.8 Å². The van der Waals surface area contributed by atoms with Gasteiger partial charge in [-0.1, -0.05) is 60.7 Å². The number of para-hydroxylation sites is 1. The Hall–Kier alpha value is -4.70. The molecule has 4 N–H and O–H groups in total. The summed E-state index contributed by atoms with van der Waals surface area (Å²) in [6.07, 6.45) is 5.91. The van der Waals surface area contributed by atoms with E-state index >= 15 is 0 Å². The number of H-pyrrole nitrogens is 1. The van der Waals surface area contributed by atoms with Crippen molar-refractivity contribution in [2.75, 3.05) is 13.2 Å². The van der Waals surface area contributed by atoms with E-state index in [4.69, 9.17) is 9.47 Å². The van der Waals surface area contributed by atoms with Gasteiger partial charge in [0.15, 0.2) is 0 Å². The lowest BCUT2D eigenvalue weighted by molar-refractivity contribution is -0.161. The molecule has 1 heterocycles. The average molecular weight is 660 g/mol. The van der Waals surface area contributed by atoms with Crippen molar-refractivity contribution in [3.63, 3.8) is 0 Å². The number of aromatic nitrogens is 1. The molecule has 0 saturated heterocycles. The van der Waals surface area contributed by atoms with Crippen LogP contribution in [0.2, 0.25) is 0 Å². The number of ether oxygens (including phenoxy) is 2. The molecule has 4 atom stereocenters. The van der Waals surface area contributed by atoms with Crippen LogP contribution in [0, 0.1) is 11.8 Å². The van der Waals surface area contributed by atoms with Crippen LogP contribution in [0.4, 0.5) is 0 Å². The summed E-state index contributed by atoms with van der Waals surface area (Å²) in [4.78, 5) is 55.6. The van der Waals surface area contributed by atoms with Gasteiger partial charge in [-0.25, -0.2) is 0 Å². The Morgan fingerprint density at radius 1 is 0.875 bits per heavy atom. The molecule has 258 valence electrons. The zero-order valence-corrected chi connectivity index (χ0v) is 28.2. The second-order valence-corrected chi connectivity index (χ2v) is 13.0. The van der Waals surface area contributed by atoms with Crippen LogP contribution in [-0.4, -0.2) is 64.7 Å². The minimum atomic E-state index is -0.797. The summed E-state index contributed by atoms with van der Waals surface area (Å²) < 4.78 is 11.1. The fourth-order valence-electron chi connectivity index (χ4n) is 5.44. The molecular weight excluding hydrogens is 610 g/mol. The van der Waals surface area contributed by atoms with E-state index in [1.165, 1.54) is 0 Å². The molecule has 1 aromatic heterocycles. The highest BCUT2D eigenvalue weighted by molar-refractivity contribution is 5.87. The van der Waals surface area contributed by atoms with Crippen molar-refractivity contribution in [1.82, 2.24) is 15.6 Å². The quantitative estimate of drug-likeness (QED) is 0.105. The van der Waals surface area contributed by atoms with E-state index in [1.54, 1.807) is 32.9 Å². The first-order valence-corrected chi connectivity index (χ1v) is 16.3. The Kier molecular flexibility index (Phi) is 14.6.